The summed E-state index contributed by atoms with van der Waals surface area (Å²) in [6.07, 6.45) is 2.34. The van der Waals surface area contributed by atoms with Crippen LogP contribution in [0.25, 0.3) is 0 Å². The summed E-state index contributed by atoms with van der Waals surface area (Å²) in [5, 5.41) is 8.11. The smallest absolute Gasteiger partial charge is 0.330 e. The number of aliphatic carboxylic acids is 1. The predicted molar refractivity (Wildman–Crippen MR) is 57.4 cm³/mol. The summed E-state index contributed by atoms with van der Waals surface area (Å²) >= 11 is 0. The Hall–Kier alpha value is -0.910. The van der Waals surface area contributed by atoms with Gasteiger partial charge in [-0.05, 0) is 13.8 Å². The minimum absolute atomic E-state index is 0.389. The van der Waals surface area contributed by atoms with Crippen LogP contribution in [0, 0.1) is 0 Å². The second-order valence-electron chi connectivity index (χ2n) is 3.72. The van der Waals surface area contributed by atoms with Crippen LogP contribution in [0.3, 0.4) is 0 Å². The fraction of sp³-hybridized carbons (Fsp3) is 0.727. The Morgan fingerprint density at radius 3 is 2.00 bits per heavy atom. The number of hydrogen-bond acceptors (Lipinski definition) is 4. The molecule has 0 aromatic carbocycles. The molecular formula is C11H18O5. The molecule has 1 N–H and O–H groups in total. The molecule has 16 heavy (non-hydrogen) atoms. The van der Waals surface area contributed by atoms with E-state index in [0.717, 1.165) is 26.4 Å². The summed E-state index contributed by atoms with van der Waals surface area (Å²) in [4.78, 5) is 9.86. The molecule has 0 aromatic rings. The molecular weight excluding hydrogens is 212 g/mol. The quantitative estimate of drug-likeness (QED) is 0.559. The van der Waals surface area contributed by atoms with E-state index in [-0.39, 0.29) is 0 Å². The number of carbonyl (C=O) groups is 1. The molecule has 2 fully saturated rings. The van der Waals surface area contributed by atoms with Crippen LogP contribution < -0.4 is 0 Å². The zero-order valence-corrected chi connectivity index (χ0v) is 9.64. The lowest BCUT2D eigenvalue weighted by atomic mass is 10.3. The van der Waals surface area contributed by atoms with Crippen LogP contribution in [-0.2, 0) is 19.0 Å². The first-order chi connectivity index (χ1) is 7.63. The van der Waals surface area contributed by atoms with E-state index >= 15 is 0 Å². The Kier molecular flexibility index (Phi) is 5.45. The zero-order chi connectivity index (χ0) is 12.0. The van der Waals surface area contributed by atoms with Crippen LogP contribution in [0.4, 0.5) is 0 Å². The second kappa shape index (κ2) is 6.62. The summed E-state index contributed by atoms with van der Waals surface area (Å²) in [5.74, 6) is -0.845. The van der Waals surface area contributed by atoms with E-state index < -0.39 is 5.97 Å². The van der Waals surface area contributed by atoms with Crippen LogP contribution in [0.1, 0.15) is 13.8 Å². The molecule has 2 saturated heterocycles. The van der Waals surface area contributed by atoms with E-state index in [1.807, 2.05) is 0 Å². The first-order valence-electron chi connectivity index (χ1n) is 5.30. The van der Waals surface area contributed by atoms with Gasteiger partial charge in [-0.15, -0.1) is 0 Å². The van der Waals surface area contributed by atoms with Gasteiger partial charge in [-0.1, -0.05) is 6.08 Å². The number of allylic oxidation sites excluding steroid dienone is 1. The molecule has 92 valence electrons. The monoisotopic (exact) mass is 230 g/mol. The SMILES string of the molecule is C(OCC1CO1)C1CO1.CC=C(C)C(=O)O. The van der Waals surface area contributed by atoms with Crippen molar-refractivity contribution in [2.24, 2.45) is 0 Å². The lowest BCUT2D eigenvalue weighted by Gasteiger charge is -1.95. The second-order valence-corrected chi connectivity index (χ2v) is 3.72. The molecule has 0 aliphatic carbocycles. The van der Waals surface area contributed by atoms with Crippen molar-refractivity contribution < 1.29 is 24.1 Å². The van der Waals surface area contributed by atoms with Crippen LogP contribution in [0.15, 0.2) is 11.6 Å². The maximum absolute atomic E-state index is 9.86. The Morgan fingerprint density at radius 2 is 1.81 bits per heavy atom. The highest BCUT2D eigenvalue weighted by atomic mass is 16.6. The van der Waals surface area contributed by atoms with Gasteiger partial charge in [-0.3, -0.25) is 0 Å². The van der Waals surface area contributed by atoms with Gasteiger partial charge in [0.25, 0.3) is 0 Å². The van der Waals surface area contributed by atoms with Gasteiger partial charge in [0.2, 0.25) is 0 Å². The molecule has 0 aromatic heterocycles. The molecule has 5 heteroatoms. The van der Waals surface area contributed by atoms with E-state index in [4.69, 9.17) is 19.3 Å². The minimum atomic E-state index is -0.845. The van der Waals surface area contributed by atoms with E-state index in [1.54, 1.807) is 19.9 Å². The molecule has 0 amide bonds. The third kappa shape index (κ3) is 6.55. The molecule has 5 nitrogen and oxygen atoms in total. The van der Waals surface area contributed by atoms with Gasteiger partial charge >= 0.3 is 5.97 Å². The van der Waals surface area contributed by atoms with Crippen molar-refractivity contribution in [3.05, 3.63) is 11.6 Å². The number of rotatable bonds is 5. The zero-order valence-electron chi connectivity index (χ0n) is 9.64. The molecule has 2 aliphatic rings. The van der Waals surface area contributed by atoms with Gasteiger partial charge in [0.05, 0.1) is 26.4 Å². The van der Waals surface area contributed by atoms with Crippen LogP contribution in [-0.4, -0.2) is 49.7 Å². The Morgan fingerprint density at radius 1 is 1.38 bits per heavy atom. The average molecular weight is 230 g/mol. The third-order valence-corrected chi connectivity index (χ3v) is 2.18. The lowest BCUT2D eigenvalue weighted by Crippen LogP contribution is -2.06. The van der Waals surface area contributed by atoms with Crippen LogP contribution >= 0.6 is 0 Å². The molecule has 2 rings (SSSR count). The highest BCUT2D eigenvalue weighted by molar-refractivity contribution is 5.85. The topological polar surface area (TPSA) is 71.6 Å². The average Bonchev–Trinajstić information content (AvgIpc) is 3.11. The van der Waals surface area contributed by atoms with Gasteiger partial charge < -0.3 is 19.3 Å². The van der Waals surface area contributed by atoms with Crippen molar-refractivity contribution in [1.29, 1.82) is 0 Å². The third-order valence-electron chi connectivity index (χ3n) is 2.18. The Labute approximate surface area is 95.0 Å². The van der Waals surface area contributed by atoms with Crippen molar-refractivity contribution in [1.82, 2.24) is 0 Å². The molecule has 0 saturated carbocycles. The Bertz CT molecular complexity index is 241. The normalized spacial score (nSPS) is 26.8. The lowest BCUT2D eigenvalue weighted by molar-refractivity contribution is -0.132. The van der Waals surface area contributed by atoms with Crippen molar-refractivity contribution in [2.75, 3.05) is 26.4 Å². The summed E-state index contributed by atoms with van der Waals surface area (Å²) in [6.45, 7) is 6.52. The summed E-state index contributed by atoms with van der Waals surface area (Å²) < 4.78 is 15.1. The van der Waals surface area contributed by atoms with Gasteiger partial charge in [-0.25, -0.2) is 4.79 Å². The fourth-order valence-corrected chi connectivity index (χ4v) is 0.783. The Balaban J connectivity index is 0.000000168. The van der Waals surface area contributed by atoms with Crippen molar-refractivity contribution in [3.63, 3.8) is 0 Å². The molecule has 2 unspecified atom stereocenters. The van der Waals surface area contributed by atoms with Gasteiger partial charge in [0.1, 0.15) is 12.2 Å². The van der Waals surface area contributed by atoms with Crippen molar-refractivity contribution in [2.45, 2.75) is 26.1 Å². The van der Waals surface area contributed by atoms with Gasteiger partial charge in [-0.2, -0.15) is 0 Å². The summed E-state index contributed by atoms with van der Waals surface area (Å²) in [7, 11) is 0. The van der Waals surface area contributed by atoms with E-state index in [2.05, 4.69) is 0 Å². The maximum atomic E-state index is 9.86. The van der Waals surface area contributed by atoms with Gasteiger partial charge in [0, 0.05) is 5.57 Å². The first-order valence-corrected chi connectivity index (χ1v) is 5.30. The highest BCUT2D eigenvalue weighted by Gasteiger charge is 2.26. The summed E-state index contributed by atoms with van der Waals surface area (Å²) in [5.41, 5.74) is 0.389. The van der Waals surface area contributed by atoms with E-state index in [0.29, 0.717) is 17.8 Å². The largest absolute Gasteiger partial charge is 0.478 e. The highest BCUT2D eigenvalue weighted by Crippen LogP contribution is 2.12. The fourth-order valence-electron chi connectivity index (χ4n) is 0.783. The minimum Gasteiger partial charge on any atom is -0.478 e. The molecule has 0 radical (unpaired) electrons. The number of carboxylic acid groups (broad SMARTS) is 1. The summed E-state index contributed by atoms with van der Waals surface area (Å²) in [6, 6.07) is 0. The van der Waals surface area contributed by atoms with E-state index in [1.165, 1.54) is 0 Å². The van der Waals surface area contributed by atoms with E-state index in [9.17, 15) is 4.79 Å². The predicted octanol–water partition coefficient (Wildman–Crippen LogP) is 0.838. The molecule has 0 spiro atoms. The number of epoxide rings is 2. The molecule has 2 heterocycles. The van der Waals surface area contributed by atoms with Crippen LogP contribution in [0.2, 0.25) is 0 Å². The van der Waals surface area contributed by atoms with Crippen molar-refractivity contribution >= 4 is 5.97 Å². The number of hydrogen-bond donors (Lipinski definition) is 1. The van der Waals surface area contributed by atoms with Crippen molar-refractivity contribution in [3.8, 4) is 0 Å². The van der Waals surface area contributed by atoms with Gasteiger partial charge in [0.15, 0.2) is 0 Å². The number of ether oxygens (including phenoxy) is 3. The molecule has 2 atom stereocenters. The maximum Gasteiger partial charge on any atom is 0.330 e. The number of carboxylic acids is 1. The van der Waals surface area contributed by atoms with Crippen LogP contribution in [0.5, 0.6) is 0 Å². The standard InChI is InChI=1S/C6H10O3.C5H8O2/c1(5-3-8-5)7-2-6-4-9-6;1-3-4(2)5(6)7/h5-6H,1-4H2;3H,1-2H3,(H,6,7). The molecule has 0 bridgehead atoms. The molecule has 2 aliphatic heterocycles. The first kappa shape index (κ1) is 13.2.